The second-order valence-electron chi connectivity index (χ2n) is 7.26. The largest absolute Gasteiger partial charge is 0.416 e. The summed E-state index contributed by atoms with van der Waals surface area (Å²) in [6.07, 6.45) is -2.46. The molecular weight excluding hydrogens is 397 g/mol. The van der Waals surface area contributed by atoms with Crippen molar-refractivity contribution in [3.8, 4) is 0 Å². The van der Waals surface area contributed by atoms with Crippen molar-refractivity contribution >= 4 is 17.4 Å². The molecule has 1 aromatic carbocycles. The van der Waals surface area contributed by atoms with Crippen molar-refractivity contribution < 1.29 is 18.0 Å². The summed E-state index contributed by atoms with van der Waals surface area (Å²) < 4.78 is 41.0. The van der Waals surface area contributed by atoms with Gasteiger partial charge >= 0.3 is 6.18 Å². The fraction of sp³-hybridized carbons (Fsp3) is 0.400. The minimum absolute atomic E-state index is 0.0398. The smallest absolute Gasteiger partial charge is 0.352 e. The minimum Gasteiger partial charge on any atom is -0.352 e. The van der Waals surface area contributed by atoms with Gasteiger partial charge in [-0.05, 0) is 41.8 Å². The lowest BCUT2D eigenvalue weighted by molar-refractivity contribution is -0.138. The molecule has 0 aliphatic carbocycles. The van der Waals surface area contributed by atoms with Gasteiger partial charge in [-0.2, -0.15) is 17.7 Å². The molecule has 0 saturated carbocycles. The summed E-state index contributed by atoms with van der Waals surface area (Å²) in [5, 5.41) is 12.2. The Kier molecular flexibility index (Phi) is 5.31. The fourth-order valence-electron chi connectivity index (χ4n) is 3.59. The molecule has 3 heterocycles. The maximum atomic E-state index is 13.1. The van der Waals surface area contributed by atoms with E-state index in [1.807, 2.05) is 12.1 Å². The Morgan fingerprint density at radius 2 is 1.80 bits per heavy atom. The third-order valence-corrected chi connectivity index (χ3v) is 5.25. The van der Waals surface area contributed by atoms with E-state index in [4.69, 9.17) is 0 Å². The molecule has 1 aliphatic rings. The number of aromatic nitrogens is 4. The van der Waals surface area contributed by atoms with Gasteiger partial charge < -0.3 is 9.80 Å². The quantitative estimate of drug-likeness (QED) is 0.652. The van der Waals surface area contributed by atoms with E-state index in [2.05, 4.69) is 20.2 Å². The average Bonchev–Trinajstić information content (AvgIpc) is 3.21. The van der Waals surface area contributed by atoms with Crippen molar-refractivity contribution in [1.29, 1.82) is 0 Å². The Hall–Kier alpha value is -3.17. The summed E-state index contributed by atoms with van der Waals surface area (Å²) >= 11 is 0. The van der Waals surface area contributed by atoms with Crippen molar-refractivity contribution in [3.05, 3.63) is 53.3 Å². The van der Waals surface area contributed by atoms with Crippen LogP contribution in [0.2, 0.25) is 0 Å². The number of aryl methyl sites for hydroxylation is 1. The van der Waals surface area contributed by atoms with Gasteiger partial charge in [-0.1, -0.05) is 13.0 Å². The topological polar surface area (TPSA) is 66.6 Å². The molecule has 0 spiro atoms. The van der Waals surface area contributed by atoms with Crippen LogP contribution in [0.4, 0.5) is 19.0 Å². The molecule has 1 fully saturated rings. The SMILES string of the molecule is CCc1cc(CC(=O)N2CCN(c3ccc4nncn4n3)CC2)cc(C(F)(F)F)c1. The first kappa shape index (κ1) is 20.1. The highest BCUT2D eigenvalue weighted by Crippen LogP contribution is 2.31. The highest BCUT2D eigenvalue weighted by molar-refractivity contribution is 5.79. The predicted molar refractivity (Wildman–Crippen MR) is 104 cm³/mol. The first-order chi connectivity index (χ1) is 14.3. The van der Waals surface area contributed by atoms with E-state index in [0.29, 0.717) is 49.4 Å². The second kappa shape index (κ2) is 7.92. The van der Waals surface area contributed by atoms with Gasteiger partial charge in [-0.15, -0.1) is 15.3 Å². The average molecular weight is 418 g/mol. The third kappa shape index (κ3) is 4.22. The Balaban J connectivity index is 1.41. The summed E-state index contributed by atoms with van der Waals surface area (Å²) in [4.78, 5) is 16.5. The normalized spacial score (nSPS) is 15.1. The number of piperazine rings is 1. The van der Waals surface area contributed by atoms with Crippen LogP contribution in [0.5, 0.6) is 0 Å². The number of hydrogen-bond donors (Lipinski definition) is 0. The molecular formula is C20H21F3N6O. The standard InChI is InChI=1S/C20H21F3N6O/c1-2-14-9-15(11-16(10-14)20(21,22)23)12-19(30)28-7-5-27(6-8-28)18-4-3-17-25-24-13-29(17)26-18/h3-4,9-11,13H,2,5-8,12H2,1H3. The molecule has 4 rings (SSSR count). The number of halogens is 3. The zero-order valence-corrected chi connectivity index (χ0v) is 16.4. The van der Waals surface area contributed by atoms with Gasteiger partial charge in [0.2, 0.25) is 5.91 Å². The molecule has 7 nitrogen and oxygen atoms in total. The van der Waals surface area contributed by atoms with Crippen molar-refractivity contribution in [3.63, 3.8) is 0 Å². The molecule has 1 amide bonds. The zero-order chi connectivity index (χ0) is 21.3. The fourth-order valence-corrected chi connectivity index (χ4v) is 3.59. The lowest BCUT2D eigenvalue weighted by Gasteiger charge is -2.35. The summed E-state index contributed by atoms with van der Waals surface area (Å²) in [5.74, 6) is 0.595. The Morgan fingerprint density at radius 3 is 2.50 bits per heavy atom. The number of hydrogen-bond acceptors (Lipinski definition) is 5. The van der Waals surface area contributed by atoms with E-state index in [0.717, 1.165) is 18.0 Å². The first-order valence-corrected chi connectivity index (χ1v) is 9.73. The number of carbonyl (C=O) groups is 1. The van der Waals surface area contributed by atoms with Gasteiger partial charge in [-0.25, -0.2) is 0 Å². The van der Waals surface area contributed by atoms with Gasteiger partial charge in [0.25, 0.3) is 0 Å². The van der Waals surface area contributed by atoms with Crippen molar-refractivity contribution in [1.82, 2.24) is 24.7 Å². The number of benzene rings is 1. The third-order valence-electron chi connectivity index (χ3n) is 5.25. The summed E-state index contributed by atoms with van der Waals surface area (Å²) in [5.41, 5.74) is 0.923. The predicted octanol–water partition coefficient (Wildman–Crippen LogP) is 2.60. The number of rotatable bonds is 4. The van der Waals surface area contributed by atoms with Crippen LogP contribution in [-0.2, 0) is 23.8 Å². The highest BCUT2D eigenvalue weighted by Gasteiger charge is 2.31. The van der Waals surface area contributed by atoms with Crippen LogP contribution in [0.15, 0.2) is 36.7 Å². The lowest BCUT2D eigenvalue weighted by atomic mass is 10.0. The Morgan fingerprint density at radius 1 is 1.07 bits per heavy atom. The van der Waals surface area contributed by atoms with E-state index in [9.17, 15) is 18.0 Å². The number of carbonyl (C=O) groups excluding carboxylic acids is 1. The molecule has 0 bridgehead atoms. The van der Waals surface area contributed by atoms with E-state index in [-0.39, 0.29) is 12.3 Å². The molecule has 30 heavy (non-hydrogen) atoms. The maximum Gasteiger partial charge on any atom is 0.416 e. The zero-order valence-electron chi connectivity index (χ0n) is 16.4. The van der Waals surface area contributed by atoms with Crippen LogP contribution >= 0.6 is 0 Å². The van der Waals surface area contributed by atoms with Gasteiger partial charge in [0, 0.05) is 26.2 Å². The van der Waals surface area contributed by atoms with E-state index >= 15 is 0 Å². The van der Waals surface area contributed by atoms with E-state index in [1.165, 1.54) is 6.33 Å². The molecule has 10 heteroatoms. The lowest BCUT2D eigenvalue weighted by Crippen LogP contribution is -2.49. The van der Waals surface area contributed by atoms with Crippen LogP contribution < -0.4 is 4.90 Å². The van der Waals surface area contributed by atoms with Crippen LogP contribution in [0.1, 0.15) is 23.6 Å². The van der Waals surface area contributed by atoms with Crippen LogP contribution in [0.25, 0.3) is 5.65 Å². The number of alkyl halides is 3. The summed E-state index contributed by atoms with van der Waals surface area (Å²) in [6, 6.07) is 7.59. The van der Waals surface area contributed by atoms with Gasteiger partial charge in [0.05, 0.1) is 12.0 Å². The van der Waals surface area contributed by atoms with Gasteiger partial charge in [-0.3, -0.25) is 4.79 Å². The molecule has 3 aromatic rings. The molecule has 0 atom stereocenters. The van der Waals surface area contributed by atoms with Gasteiger partial charge in [0.15, 0.2) is 5.65 Å². The van der Waals surface area contributed by atoms with Gasteiger partial charge in [0.1, 0.15) is 12.1 Å². The molecule has 0 radical (unpaired) electrons. The molecule has 0 N–H and O–H groups in total. The van der Waals surface area contributed by atoms with Crippen molar-refractivity contribution in [2.24, 2.45) is 0 Å². The Labute approximate surface area is 171 Å². The second-order valence-corrected chi connectivity index (χ2v) is 7.26. The van der Waals surface area contributed by atoms with E-state index < -0.39 is 11.7 Å². The maximum absolute atomic E-state index is 13.1. The number of fused-ring (bicyclic) bond motifs is 1. The minimum atomic E-state index is -4.42. The first-order valence-electron chi connectivity index (χ1n) is 9.73. The van der Waals surface area contributed by atoms with Crippen molar-refractivity contribution in [2.45, 2.75) is 25.9 Å². The molecule has 2 aromatic heterocycles. The molecule has 1 saturated heterocycles. The Bertz CT molecular complexity index is 1060. The van der Waals surface area contributed by atoms with E-state index in [1.54, 1.807) is 22.4 Å². The number of amides is 1. The van der Waals surface area contributed by atoms with Crippen LogP contribution in [-0.4, -0.2) is 56.8 Å². The summed E-state index contributed by atoms with van der Waals surface area (Å²) in [6.45, 7) is 3.95. The highest BCUT2D eigenvalue weighted by atomic mass is 19.4. The molecule has 158 valence electrons. The monoisotopic (exact) mass is 418 g/mol. The van der Waals surface area contributed by atoms with Crippen LogP contribution in [0, 0.1) is 0 Å². The number of nitrogens with zero attached hydrogens (tertiary/aromatic N) is 6. The number of anilines is 1. The molecule has 1 aliphatic heterocycles. The molecule has 0 unspecified atom stereocenters. The van der Waals surface area contributed by atoms with Crippen molar-refractivity contribution in [2.75, 3.05) is 31.1 Å². The van der Waals surface area contributed by atoms with Crippen LogP contribution in [0.3, 0.4) is 0 Å². The summed E-state index contributed by atoms with van der Waals surface area (Å²) in [7, 11) is 0.